The highest BCUT2D eigenvalue weighted by Crippen LogP contribution is 2.33. The van der Waals surface area contributed by atoms with Gasteiger partial charge in [0.25, 0.3) is 11.8 Å². The van der Waals surface area contributed by atoms with Crippen LogP contribution in [0, 0.1) is 0 Å². The van der Waals surface area contributed by atoms with Gasteiger partial charge < -0.3 is 4.98 Å². The van der Waals surface area contributed by atoms with Crippen molar-refractivity contribution in [2.45, 2.75) is 31.7 Å². The van der Waals surface area contributed by atoms with Gasteiger partial charge in [-0.25, -0.2) is 14.8 Å². The molecule has 0 atom stereocenters. The summed E-state index contributed by atoms with van der Waals surface area (Å²) in [6, 6.07) is 8.59. The molecule has 178 valence electrons. The van der Waals surface area contributed by atoms with E-state index in [9.17, 15) is 19.2 Å². The number of likely N-dealkylation sites (tertiary alicyclic amines) is 1. The Morgan fingerprint density at radius 1 is 0.971 bits per heavy atom. The molecular formula is C25H24N6O4. The lowest BCUT2D eigenvalue weighted by molar-refractivity contribution is -0.122. The number of urea groups is 1. The fourth-order valence-electron chi connectivity index (χ4n) is 5.31. The second-order valence-corrected chi connectivity index (χ2v) is 9.22. The van der Waals surface area contributed by atoms with Crippen molar-refractivity contribution in [3.05, 3.63) is 65.0 Å². The topological polar surface area (TPSA) is 119 Å². The third-order valence-electron chi connectivity index (χ3n) is 7.12. The number of rotatable bonds is 4. The lowest BCUT2D eigenvalue weighted by Gasteiger charge is -2.32. The number of aromatic amines is 1. The van der Waals surface area contributed by atoms with Crippen LogP contribution < -0.4 is 5.32 Å². The number of nitrogens with one attached hydrogen (secondary N) is 2. The van der Waals surface area contributed by atoms with Crippen LogP contribution in [0.1, 0.15) is 57.0 Å². The molecule has 10 nitrogen and oxygen atoms in total. The van der Waals surface area contributed by atoms with Crippen molar-refractivity contribution in [1.82, 2.24) is 30.2 Å². The smallest absolute Gasteiger partial charge is 0.343 e. The fourth-order valence-corrected chi connectivity index (χ4v) is 5.31. The molecule has 1 aromatic carbocycles. The molecule has 2 N–H and O–H groups in total. The minimum absolute atomic E-state index is 0.00950. The quantitative estimate of drug-likeness (QED) is 0.563. The Morgan fingerprint density at radius 3 is 2.57 bits per heavy atom. The number of hydrogen-bond donors (Lipinski definition) is 2. The van der Waals surface area contributed by atoms with Gasteiger partial charge in [-0.15, -0.1) is 0 Å². The van der Waals surface area contributed by atoms with Crippen LogP contribution in [0.3, 0.4) is 0 Å². The summed E-state index contributed by atoms with van der Waals surface area (Å²) < 4.78 is 0. The highest BCUT2D eigenvalue weighted by molar-refractivity contribution is 6.22. The summed E-state index contributed by atoms with van der Waals surface area (Å²) in [7, 11) is 0. The SMILES string of the molecule is O=C1CCN(N2C(=O)c3ccc(CN4CCC(c5c[nH]c6ncccc56)CC4)cc3C2=O)C(=O)N1. The first kappa shape index (κ1) is 21.5. The second kappa shape index (κ2) is 8.31. The van der Waals surface area contributed by atoms with Crippen molar-refractivity contribution < 1.29 is 19.2 Å². The van der Waals surface area contributed by atoms with Gasteiger partial charge in [-0.1, -0.05) is 6.07 Å². The van der Waals surface area contributed by atoms with Gasteiger partial charge in [0.15, 0.2) is 0 Å². The second-order valence-electron chi connectivity index (χ2n) is 9.22. The summed E-state index contributed by atoms with van der Waals surface area (Å²) in [6.07, 6.45) is 5.96. The summed E-state index contributed by atoms with van der Waals surface area (Å²) >= 11 is 0. The molecule has 10 heteroatoms. The number of hydrogen-bond acceptors (Lipinski definition) is 6. The molecule has 0 aliphatic carbocycles. The lowest BCUT2D eigenvalue weighted by atomic mass is 9.89. The molecule has 2 saturated heterocycles. The summed E-state index contributed by atoms with van der Waals surface area (Å²) in [4.78, 5) is 59.5. The maximum absolute atomic E-state index is 13.0. The zero-order valence-electron chi connectivity index (χ0n) is 19.0. The molecule has 6 rings (SSSR count). The number of imide groups is 2. The molecule has 0 radical (unpaired) electrons. The first-order valence-corrected chi connectivity index (χ1v) is 11.8. The van der Waals surface area contributed by atoms with Crippen molar-refractivity contribution in [3.63, 3.8) is 0 Å². The summed E-state index contributed by atoms with van der Waals surface area (Å²) in [5.74, 6) is -1.03. The number of hydrazine groups is 1. The first-order valence-electron chi connectivity index (χ1n) is 11.8. The van der Waals surface area contributed by atoms with Gasteiger partial charge in [-0.05, 0) is 67.2 Å². The molecule has 35 heavy (non-hydrogen) atoms. The summed E-state index contributed by atoms with van der Waals surface area (Å²) in [6.45, 7) is 2.52. The third-order valence-corrected chi connectivity index (χ3v) is 7.12. The number of nitrogens with zero attached hydrogens (tertiary/aromatic N) is 4. The van der Waals surface area contributed by atoms with E-state index in [0.29, 0.717) is 18.0 Å². The van der Waals surface area contributed by atoms with Crippen molar-refractivity contribution in [2.24, 2.45) is 0 Å². The van der Waals surface area contributed by atoms with E-state index in [1.165, 1.54) is 10.9 Å². The Hall–Kier alpha value is -4.05. The highest BCUT2D eigenvalue weighted by atomic mass is 16.2. The minimum Gasteiger partial charge on any atom is -0.346 e. The zero-order chi connectivity index (χ0) is 24.1. The van der Waals surface area contributed by atoms with E-state index >= 15 is 0 Å². The van der Waals surface area contributed by atoms with Crippen LogP contribution in [-0.2, 0) is 11.3 Å². The van der Waals surface area contributed by atoms with Crippen molar-refractivity contribution in [3.8, 4) is 0 Å². The van der Waals surface area contributed by atoms with Crippen molar-refractivity contribution in [1.29, 1.82) is 0 Å². The molecule has 3 aromatic rings. The van der Waals surface area contributed by atoms with E-state index < -0.39 is 23.8 Å². The average Bonchev–Trinajstić information content (AvgIpc) is 3.39. The van der Waals surface area contributed by atoms with Gasteiger partial charge in [-0.2, -0.15) is 5.01 Å². The number of pyridine rings is 1. The lowest BCUT2D eigenvalue weighted by Crippen LogP contribution is -2.58. The van der Waals surface area contributed by atoms with Gasteiger partial charge in [0, 0.05) is 30.7 Å². The molecule has 0 bridgehead atoms. The predicted octanol–water partition coefficient (Wildman–Crippen LogP) is 2.40. The number of piperidine rings is 1. The summed E-state index contributed by atoms with van der Waals surface area (Å²) in [5, 5.41) is 5.19. The molecule has 3 aliphatic heterocycles. The minimum atomic E-state index is -0.759. The Morgan fingerprint density at radius 2 is 1.77 bits per heavy atom. The third kappa shape index (κ3) is 3.66. The van der Waals surface area contributed by atoms with Gasteiger partial charge in [0.05, 0.1) is 17.7 Å². The van der Waals surface area contributed by atoms with Crippen LogP contribution in [0.2, 0.25) is 0 Å². The Balaban J connectivity index is 1.13. The number of carbonyl (C=O) groups excluding carboxylic acids is 4. The van der Waals surface area contributed by atoms with Gasteiger partial charge in [-0.3, -0.25) is 24.6 Å². The van der Waals surface area contributed by atoms with Crippen LogP contribution >= 0.6 is 0 Å². The van der Waals surface area contributed by atoms with Crippen molar-refractivity contribution >= 4 is 34.8 Å². The van der Waals surface area contributed by atoms with Crippen LogP contribution in [0.5, 0.6) is 0 Å². The number of amides is 5. The van der Waals surface area contributed by atoms with E-state index in [-0.39, 0.29) is 18.5 Å². The fraction of sp³-hybridized carbons (Fsp3) is 0.320. The number of carbonyl (C=O) groups is 4. The van der Waals surface area contributed by atoms with Crippen LogP contribution in [0.4, 0.5) is 4.79 Å². The van der Waals surface area contributed by atoms with E-state index in [0.717, 1.165) is 47.2 Å². The predicted molar refractivity (Wildman–Crippen MR) is 125 cm³/mol. The standard InChI is InChI=1S/C25H24N6O4/c32-21-7-11-30(25(35)28-21)31-23(33)18-4-3-15(12-19(18)24(31)34)14-29-9-5-16(6-10-29)20-13-27-22-17(20)2-1-8-26-22/h1-4,8,12-13,16H,5-7,9-11,14H2,(H,26,27)(H,28,32,35). The van der Waals surface area contributed by atoms with E-state index in [4.69, 9.17) is 0 Å². The van der Waals surface area contributed by atoms with Gasteiger partial charge in [0.1, 0.15) is 5.65 Å². The molecule has 5 heterocycles. The molecule has 2 aromatic heterocycles. The number of H-pyrrole nitrogens is 1. The Kier molecular flexibility index (Phi) is 5.10. The molecule has 5 amide bonds. The van der Waals surface area contributed by atoms with Gasteiger partial charge in [0.2, 0.25) is 5.91 Å². The zero-order valence-corrected chi connectivity index (χ0v) is 19.0. The summed E-state index contributed by atoms with van der Waals surface area (Å²) in [5.41, 5.74) is 3.75. The number of benzene rings is 1. The van der Waals surface area contributed by atoms with Gasteiger partial charge >= 0.3 is 6.03 Å². The van der Waals surface area contributed by atoms with E-state index in [1.54, 1.807) is 18.3 Å². The van der Waals surface area contributed by atoms with Crippen LogP contribution in [-0.4, -0.2) is 68.3 Å². The number of fused-ring (bicyclic) bond motifs is 2. The molecule has 3 aliphatic rings. The Labute approximate surface area is 200 Å². The monoisotopic (exact) mass is 472 g/mol. The van der Waals surface area contributed by atoms with E-state index in [1.807, 2.05) is 12.1 Å². The average molecular weight is 473 g/mol. The molecule has 2 fully saturated rings. The highest BCUT2D eigenvalue weighted by Gasteiger charge is 2.43. The maximum atomic E-state index is 13.0. The van der Waals surface area contributed by atoms with Crippen molar-refractivity contribution in [2.75, 3.05) is 19.6 Å². The number of aromatic nitrogens is 2. The maximum Gasteiger partial charge on any atom is 0.343 e. The molecule has 0 unspecified atom stereocenters. The van der Waals surface area contributed by atoms with Crippen LogP contribution in [0.25, 0.3) is 11.0 Å². The van der Waals surface area contributed by atoms with E-state index in [2.05, 4.69) is 32.4 Å². The Bertz CT molecular complexity index is 1370. The van der Waals surface area contributed by atoms with Crippen LogP contribution in [0.15, 0.2) is 42.7 Å². The normalized spacial score (nSPS) is 19.5. The largest absolute Gasteiger partial charge is 0.346 e. The molecule has 0 spiro atoms. The molecule has 0 saturated carbocycles. The molecular weight excluding hydrogens is 448 g/mol. The first-order chi connectivity index (χ1) is 17.0.